The number of rotatable bonds is 1. The smallest absolute Gasteiger partial charge is 0.254 e. The predicted molar refractivity (Wildman–Crippen MR) is 79.3 cm³/mol. The van der Waals surface area contributed by atoms with Crippen LogP contribution in [-0.2, 0) is 4.74 Å². The zero-order valence-corrected chi connectivity index (χ0v) is 12.0. The molecule has 1 saturated heterocycles. The molecule has 5 nitrogen and oxygen atoms in total. The maximum absolute atomic E-state index is 12.8. The first-order valence-electron chi connectivity index (χ1n) is 7.14. The van der Waals surface area contributed by atoms with E-state index in [-0.39, 0.29) is 17.7 Å². The van der Waals surface area contributed by atoms with Crippen molar-refractivity contribution in [1.82, 2.24) is 9.88 Å². The molecule has 1 aliphatic rings. The van der Waals surface area contributed by atoms with E-state index in [2.05, 4.69) is 4.98 Å². The van der Waals surface area contributed by atoms with Crippen molar-refractivity contribution in [2.75, 3.05) is 19.8 Å². The summed E-state index contributed by atoms with van der Waals surface area (Å²) >= 11 is 0. The fraction of sp³-hybridized carbons (Fsp3) is 0.375. The zero-order chi connectivity index (χ0) is 14.8. The first-order valence-corrected chi connectivity index (χ1v) is 7.14. The number of hydrogen-bond acceptors (Lipinski definition) is 4. The van der Waals surface area contributed by atoms with Gasteiger partial charge in [-0.3, -0.25) is 9.78 Å². The molecule has 0 bridgehead atoms. The van der Waals surface area contributed by atoms with Gasteiger partial charge in [-0.1, -0.05) is 6.07 Å². The molecule has 21 heavy (non-hydrogen) atoms. The molecular weight excluding hydrogens is 268 g/mol. The van der Waals surface area contributed by atoms with Crippen LogP contribution >= 0.6 is 0 Å². The lowest BCUT2D eigenvalue weighted by atomic mass is 10.1. The van der Waals surface area contributed by atoms with Crippen LogP contribution < -0.4 is 0 Å². The summed E-state index contributed by atoms with van der Waals surface area (Å²) in [4.78, 5) is 18.8. The minimum absolute atomic E-state index is 0.0361. The molecule has 1 atom stereocenters. The lowest BCUT2D eigenvalue weighted by molar-refractivity contribution is 0.0689. The van der Waals surface area contributed by atoms with E-state index in [0.29, 0.717) is 36.2 Å². The molecule has 0 saturated carbocycles. The van der Waals surface area contributed by atoms with Crippen molar-refractivity contribution >= 4 is 16.8 Å². The molecule has 0 aliphatic carbocycles. The van der Waals surface area contributed by atoms with E-state index in [1.165, 1.54) is 6.07 Å². The molecule has 3 rings (SSSR count). The first kappa shape index (κ1) is 13.8. The van der Waals surface area contributed by atoms with Crippen molar-refractivity contribution in [3.63, 3.8) is 0 Å². The molecule has 1 fully saturated rings. The number of fused-ring (bicyclic) bond motifs is 1. The average Bonchev–Trinajstić information content (AvgIpc) is 2.72. The highest BCUT2D eigenvalue weighted by Crippen LogP contribution is 2.27. The second-order valence-corrected chi connectivity index (χ2v) is 5.28. The Morgan fingerprint density at radius 2 is 2.24 bits per heavy atom. The van der Waals surface area contributed by atoms with E-state index in [9.17, 15) is 9.90 Å². The van der Waals surface area contributed by atoms with Crippen molar-refractivity contribution in [3.8, 4) is 5.75 Å². The van der Waals surface area contributed by atoms with Gasteiger partial charge in [0.2, 0.25) is 0 Å². The lowest BCUT2D eigenvalue weighted by Gasteiger charge is -2.27. The molecule has 2 aromatic rings. The molecule has 0 spiro atoms. The highest BCUT2D eigenvalue weighted by Gasteiger charge is 2.25. The normalized spacial score (nSPS) is 19.5. The number of phenolic OH excluding ortho intramolecular Hbond substituents is 1. The molecule has 2 heterocycles. The van der Waals surface area contributed by atoms with E-state index < -0.39 is 0 Å². The summed E-state index contributed by atoms with van der Waals surface area (Å²) in [7, 11) is 0. The summed E-state index contributed by atoms with van der Waals surface area (Å²) in [6, 6.07) is 6.92. The van der Waals surface area contributed by atoms with E-state index in [4.69, 9.17) is 4.74 Å². The minimum atomic E-state index is -0.0361. The molecule has 1 N–H and O–H groups in total. The van der Waals surface area contributed by atoms with Gasteiger partial charge in [-0.05, 0) is 31.5 Å². The Balaban J connectivity index is 2.03. The molecule has 0 radical (unpaired) electrons. The Labute approximate surface area is 123 Å². The van der Waals surface area contributed by atoms with E-state index in [1.54, 1.807) is 18.3 Å². The zero-order valence-electron chi connectivity index (χ0n) is 12.0. The van der Waals surface area contributed by atoms with Crippen LogP contribution in [-0.4, -0.2) is 46.7 Å². The summed E-state index contributed by atoms with van der Waals surface area (Å²) in [6.07, 6.45) is 2.44. The van der Waals surface area contributed by atoms with Crippen LogP contribution in [0.4, 0.5) is 0 Å². The number of nitrogens with zero attached hydrogens (tertiary/aromatic N) is 2. The van der Waals surface area contributed by atoms with Crippen molar-refractivity contribution in [2.45, 2.75) is 19.4 Å². The number of benzene rings is 1. The number of hydrogen-bond donors (Lipinski definition) is 1. The topological polar surface area (TPSA) is 62.7 Å². The van der Waals surface area contributed by atoms with Crippen LogP contribution in [0.15, 0.2) is 30.5 Å². The van der Waals surface area contributed by atoms with Crippen molar-refractivity contribution < 1.29 is 14.6 Å². The molecule has 1 amide bonds. The minimum Gasteiger partial charge on any atom is -0.506 e. The fourth-order valence-corrected chi connectivity index (χ4v) is 2.70. The SMILES string of the molecule is CC1CCOCCN1C(=O)c1ccc(O)c2ncccc12. The number of aromatic nitrogens is 1. The number of pyridine rings is 1. The number of carbonyl (C=O) groups excluding carboxylic acids is 1. The van der Waals surface area contributed by atoms with E-state index in [0.717, 1.165) is 6.42 Å². The summed E-state index contributed by atoms with van der Waals surface area (Å²) < 4.78 is 5.44. The van der Waals surface area contributed by atoms with Crippen molar-refractivity contribution in [1.29, 1.82) is 0 Å². The van der Waals surface area contributed by atoms with Gasteiger partial charge in [-0.15, -0.1) is 0 Å². The van der Waals surface area contributed by atoms with Gasteiger partial charge in [0.1, 0.15) is 11.3 Å². The van der Waals surface area contributed by atoms with Crippen molar-refractivity contribution in [3.05, 3.63) is 36.0 Å². The molecule has 110 valence electrons. The third-order valence-electron chi connectivity index (χ3n) is 3.93. The molecule has 1 aromatic carbocycles. The quantitative estimate of drug-likeness (QED) is 0.873. The molecule has 1 aliphatic heterocycles. The monoisotopic (exact) mass is 286 g/mol. The number of aromatic hydroxyl groups is 1. The van der Waals surface area contributed by atoms with Gasteiger partial charge in [-0.2, -0.15) is 0 Å². The van der Waals surface area contributed by atoms with Gasteiger partial charge >= 0.3 is 0 Å². The predicted octanol–water partition coefficient (Wildman–Crippen LogP) is 2.19. The Bertz CT molecular complexity index is 672. The van der Waals surface area contributed by atoms with Gasteiger partial charge in [0, 0.05) is 36.3 Å². The van der Waals surface area contributed by atoms with E-state index in [1.807, 2.05) is 17.9 Å². The van der Waals surface area contributed by atoms with Gasteiger partial charge in [0.05, 0.1) is 6.61 Å². The van der Waals surface area contributed by atoms with Crippen LogP contribution in [0.25, 0.3) is 10.9 Å². The van der Waals surface area contributed by atoms with E-state index >= 15 is 0 Å². The van der Waals surface area contributed by atoms with Crippen LogP contribution in [0, 0.1) is 0 Å². The summed E-state index contributed by atoms with van der Waals surface area (Å²) in [5.74, 6) is 0.0559. The van der Waals surface area contributed by atoms with Crippen LogP contribution in [0.1, 0.15) is 23.7 Å². The van der Waals surface area contributed by atoms with Gasteiger partial charge < -0.3 is 14.7 Å². The number of phenols is 1. The Morgan fingerprint density at radius 1 is 1.38 bits per heavy atom. The van der Waals surface area contributed by atoms with Gasteiger partial charge in [0.25, 0.3) is 5.91 Å². The van der Waals surface area contributed by atoms with Crippen LogP contribution in [0.5, 0.6) is 5.75 Å². The second kappa shape index (κ2) is 5.69. The van der Waals surface area contributed by atoms with Crippen molar-refractivity contribution in [2.24, 2.45) is 0 Å². The maximum atomic E-state index is 12.8. The average molecular weight is 286 g/mol. The highest BCUT2D eigenvalue weighted by molar-refractivity contribution is 6.07. The third kappa shape index (κ3) is 2.56. The Morgan fingerprint density at radius 3 is 3.10 bits per heavy atom. The first-order chi connectivity index (χ1) is 10.2. The molecule has 1 unspecified atom stereocenters. The molecule has 1 aromatic heterocycles. The summed E-state index contributed by atoms with van der Waals surface area (Å²) in [5.41, 5.74) is 1.03. The second-order valence-electron chi connectivity index (χ2n) is 5.28. The Hall–Kier alpha value is -2.14. The number of carbonyl (C=O) groups is 1. The lowest BCUT2D eigenvalue weighted by Crippen LogP contribution is -2.39. The van der Waals surface area contributed by atoms with Gasteiger partial charge in [-0.25, -0.2) is 0 Å². The number of ether oxygens (including phenoxy) is 1. The summed E-state index contributed by atoms with van der Waals surface area (Å²) in [6.45, 7) is 3.86. The molecular formula is C16H18N2O3. The van der Waals surface area contributed by atoms with Crippen LogP contribution in [0.3, 0.4) is 0 Å². The third-order valence-corrected chi connectivity index (χ3v) is 3.93. The largest absolute Gasteiger partial charge is 0.506 e. The maximum Gasteiger partial charge on any atom is 0.254 e. The van der Waals surface area contributed by atoms with Crippen LogP contribution in [0.2, 0.25) is 0 Å². The molecule has 5 heteroatoms. The standard InChI is InChI=1S/C16H18N2O3/c1-11-6-9-21-10-8-18(11)16(20)13-4-5-14(19)15-12(13)3-2-7-17-15/h2-5,7,11,19H,6,8-10H2,1H3. The highest BCUT2D eigenvalue weighted by atomic mass is 16.5. The van der Waals surface area contributed by atoms with Gasteiger partial charge in [0.15, 0.2) is 0 Å². The Kier molecular flexibility index (Phi) is 3.75. The summed E-state index contributed by atoms with van der Waals surface area (Å²) in [5, 5.41) is 10.6. The number of amides is 1. The fourth-order valence-electron chi connectivity index (χ4n) is 2.70.